The van der Waals surface area contributed by atoms with Gasteiger partial charge in [-0.1, -0.05) is 12.1 Å². The van der Waals surface area contributed by atoms with Crippen molar-refractivity contribution in [2.24, 2.45) is 0 Å². The quantitative estimate of drug-likeness (QED) is 0.830. The summed E-state index contributed by atoms with van der Waals surface area (Å²) in [6, 6.07) is 11.9. The second-order valence-electron chi connectivity index (χ2n) is 3.06. The van der Waals surface area contributed by atoms with Gasteiger partial charge in [0, 0.05) is 6.07 Å². The van der Waals surface area contributed by atoms with Crippen LogP contribution in [0.1, 0.15) is 5.56 Å². The van der Waals surface area contributed by atoms with E-state index in [-0.39, 0.29) is 5.75 Å². The topological polar surface area (TPSA) is 66.1 Å². The van der Waals surface area contributed by atoms with Crippen LogP contribution in [0, 0.1) is 11.3 Å². The molecule has 2 rings (SSSR count). The van der Waals surface area contributed by atoms with E-state index in [0.29, 0.717) is 17.2 Å². The molecule has 2 aromatic rings. The van der Waals surface area contributed by atoms with E-state index in [0.717, 1.165) is 0 Å². The van der Waals surface area contributed by atoms with Gasteiger partial charge in [0.15, 0.2) is 0 Å². The lowest BCUT2D eigenvalue weighted by molar-refractivity contribution is 0.446. The lowest BCUT2D eigenvalue weighted by Crippen LogP contribution is -1.89. The zero-order valence-corrected chi connectivity index (χ0v) is 8.29. The number of ether oxygens (including phenoxy) is 1. The normalized spacial score (nSPS) is 9.44. The average Bonchev–Trinajstić information content (AvgIpc) is 2.33. The molecular formula is C12H8N2O2. The number of nitrogens with zero attached hydrogens (tertiary/aromatic N) is 2. The highest BCUT2D eigenvalue weighted by Gasteiger charge is 2.03. The predicted molar refractivity (Wildman–Crippen MR) is 57.1 cm³/mol. The monoisotopic (exact) mass is 212 g/mol. The molecule has 0 aliphatic carbocycles. The van der Waals surface area contributed by atoms with Crippen LogP contribution in [0.25, 0.3) is 0 Å². The maximum Gasteiger partial charge on any atom is 0.219 e. The van der Waals surface area contributed by atoms with Crippen LogP contribution in [0.5, 0.6) is 17.4 Å². The van der Waals surface area contributed by atoms with E-state index < -0.39 is 0 Å². The maximum atomic E-state index is 9.05. The van der Waals surface area contributed by atoms with Crippen molar-refractivity contribution in [3.05, 3.63) is 48.2 Å². The number of benzene rings is 1. The number of para-hydroxylation sites is 1. The molecule has 0 saturated heterocycles. The molecule has 0 bridgehead atoms. The minimum absolute atomic E-state index is 0.0703. The standard InChI is InChI=1S/C12H8N2O2/c13-7-9-3-1-2-4-11(9)16-12-6-5-10(15)8-14-12/h1-6,8,15H. The summed E-state index contributed by atoms with van der Waals surface area (Å²) in [4.78, 5) is 3.87. The van der Waals surface area contributed by atoms with Crippen LogP contribution in [0.15, 0.2) is 42.6 Å². The minimum Gasteiger partial charge on any atom is -0.506 e. The number of rotatable bonds is 2. The first-order valence-corrected chi connectivity index (χ1v) is 4.61. The Morgan fingerprint density at radius 2 is 2.00 bits per heavy atom. The van der Waals surface area contributed by atoms with Crippen LogP contribution < -0.4 is 4.74 Å². The number of hydrogen-bond donors (Lipinski definition) is 1. The van der Waals surface area contributed by atoms with E-state index in [1.165, 1.54) is 18.3 Å². The molecule has 1 heterocycles. The highest BCUT2D eigenvalue weighted by molar-refractivity contribution is 5.44. The van der Waals surface area contributed by atoms with Gasteiger partial charge in [0.2, 0.25) is 5.88 Å². The van der Waals surface area contributed by atoms with E-state index in [9.17, 15) is 0 Å². The molecule has 4 nitrogen and oxygen atoms in total. The summed E-state index contributed by atoms with van der Waals surface area (Å²) in [7, 11) is 0. The third kappa shape index (κ3) is 2.10. The van der Waals surface area contributed by atoms with Crippen LogP contribution in [-0.2, 0) is 0 Å². The molecule has 0 unspecified atom stereocenters. The lowest BCUT2D eigenvalue weighted by atomic mass is 10.2. The van der Waals surface area contributed by atoms with Crippen molar-refractivity contribution in [3.8, 4) is 23.4 Å². The summed E-state index contributed by atoms with van der Waals surface area (Å²) in [6.45, 7) is 0. The Bertz CT molecular complexity index is 529. The van der Waals surface area contributed by atoms with Gasteiger partial charge < -0.3 is 9.84 Å². The van der Waals surface area contributed by atoms with E-state index in [2.05, 4.69) is 4.98 Å². The Hall–Kier alpha value is -2.54. The van der Waals surface area contributed by atoms with Crippen molar-refractivity contribution in [1.29, 1.82) is 5.26 Å². The molecule has 0 radical (unpaired) electrons. The zero-order valence-electron chi connectivity index (χ0n) is 8.29. The van der Waals surface area contributed by atoms with Crippen LogP contribution >= 0.6 is 0 Å². The van der Waals surface area contributed by atoms with Gasteiger partial charge in [0.1, 0.15) is 17.6 Å². The van der Waals surface area contributed by atoms with Crippen LogP contribution in [0.2, 0.25) is 0 Å². The Morgan fingerprint density at radius 3 is 2.69 bits per heavy atom. The fourth-order valence-electron chi connectivity index (χ4n) is 1.19. The van der Waals surface area contributed by atoms with E-state index in [1.807, 2.05) is 6.07 Å². The summed E-state index contributed by atoms with van der Waals surface area (Å²) < 4.78 is 5.41. The van der Waals surface area contributed by atoms with Gasteiger partial charge >= 0.3 is 0 Å². The molecule has 0 saturated carbocycles. The molecule has 1 aromatic heterocycles. The summed E-state index contributed by atoms with van der Waals surface area (Å²) in [5, 5.41) is 17.9. The first-order valence-electron chi connectivity index (χ1n) is 4.61. The number of aromatic nitrogens is 1. The van der Waals surface area contributed by atoms with Gasteiger partial charge in [-0.3, -0.25) is 0 Å². The summed E-state index contributed by atoms with van der Waals surface area (Å²) >= 11 is 0. The molecule has 78 valence electrons. The van der Waals surface area contributed by atoms with E-state index in [4.69, 9.17) is 15.1 Å². The molecule has 4 heteroatoms. The Balaban J connectivity index is 2.27. The van der Waals surface area contributed by atoms with Crippen molar-refractivity contribution < 1.29 is 9.84 Å². The molecule has 0 aliphatic rings. The first kappa shape index (κ1) is 9.99. The van der Waals surface area contributed by atoms with Crippen molar-refractivity contribution in [2.75, 3.05) is 0 Å². The van der Waals surface area contributed by atoms with Gasteiger partial charge in [-0.2, -0.15) is 5.26 Å². The largest absolute Gasteiger partial charge is 0.506 e. The second kappa shape index (κ2) is 4.32. The van der Waals surface area contributed by atoms with E-state index in [1.54, 1.807) is 24.3 Å². The van der Waals surface area contributed by atoms with Crippen molar-refractivity contribution in [2.45, 2.75) is 0 Å². The molecular weight excluding hydrogens is 204 g/mol. The molecule has 1 aromatic carbocycles. The molecule has 0 atom stereocenters. The van der Waals surface area contributed by atoms with Crippen molar-refractivity contribution in [1.82, 2.24) is 4.98 Å². The van der Waals surface area contributed by atoms with Crippen molar-refractivity contribution in [3.63, 3.8) is 0 Å². The molecule has 0 aliphatic heterocycles. The predicted octanol–water partition coefficient (Wildman–Crippen LogP) is 2.45. The van der Waals surface area contributed by atoms with Crippen LogP contribution in [0.3, 0.4) is 0 Å². The molecule has 0 amide bonds. The summed E-state index contributed by atoms with van der Waals surface area (Å²) in [5.74, 6) is 0.851. The summed E-state index contributed by atoms with van der Waals surface area (Å²) in [6.07, 6.45) is 1.28. The van der Waals surface area contributed by atoms with Crippen LogP contribution in [-0.4, -0.2) is 10.1 Å². The number of nitriles is 1. The SMILES string of the molecule is N#Cc1ccccc1Oc1ccc(O)cn1. The smallest absolute Gasteiger partial charge is 0.219 e. The van der Waals surface area contributed by atoms with Gasteiger partial charge in [-0.05, 0) is 18.2 Å². The van der Waals surface area contributed by atoms with Gasteiger partial charge in [0.05, 0.1) is 11.8 Å². The molecule has 0 spiro atoms. The Morgan fingerprint density at radius 1 is 1.19 bits per heavy atom. The lowest BCUT2D eigenvalue weighted by Gasteiger charge is -2.05. The average molecular weight is 212 g/mol. The minimum atomic E-state index is 0.0703. The molecule has 16 heavy (non-hydrogen) atoms. The summed E-state index contributed by atoms with van der Waals surface area (Å²) in [5.41, 5.74) is 0.442. The fraction of sp³-hybridized carbons (Fsp3) is 0. The van der Waals surface area contributed by atoms with Gasteiger partial charge in [0.25, 0.3) is 0 Å². The molecule has 0 fully saturated rings. The van der Waals surface area contributed by atoms with Gasteiger partial charge in [-0.15, -0.1) is 0 Å². The maximum absolute atomic E-state index is 9.05. The van der Waals surface area contributed by atoms with Crippen LogP contribution in [0.4, 0.5) is 0 Å². The Kier molecular flexibility index (Phi) is 2.70. The highest BCUT2D eigenvalue weighted by Crippen LogP contribution is 2.23. The van der Waals surface area contributed by atoms with Crippen molar-refractivity contribution >= 4 is 0 Å². The third-order valence-corrected chi connectivity index (χ3v) is 1.94. The fourth-order valence-corrected chi connectivity index (χ4v) is 1.19. The first-order chi connectivity index (χ1) is 7.79. The number of aromatic hydroxyl groups is 1. The number of pyridine rings is 1. The second-order valence-corrected chi connectivity index (χ2v) is 3.06. The molecule has 1 N–H and O–H groups in total. The third-order valence-electron chi connectivity index (χ3n) is 1.94. The number of hydrogen-bond acceptors (Lipinski definition) is 4. The zero-order chi connectivity index (χ0) is 11.4. The Labute approximate surface area is 92.4 Å². The highest BCUT2D eigenvalue weighted by atomic mass is 16.5. The van der Waals surface area contributed by atoms with Gasteiger partial charge in [-0.25, -0.2) is 4.98 Å². The van der Waals surface area contributed by atoms with E-state index >= 15 is 0 Å².